The van der Waals surface area contributed by atoms with Gasteiger partial charge in [0, 0.05) is 45.6 Å². The summed E-state index contributed by atoms with van der Waals surface area (Å²) in [6, 6.07) is 7.97. The molecular formula is C40H50ClN5O3. The Morgan fingerprint density at radius 1 is 1.12 bits per heavy atom. The van der Waals surface area contributed by atoms with E-state index in [4.69, 9.17) is 31.8 Å². The first kappa shape index (κ1) is 36.4. The van der Waals surface area contributed by atoms with Crippen molar-refractivity contribution in [3.63, 3.8) is 0 Å². The molecule has 3 unspecified atom stereocenters. The van der Waals surface area contributed by atoms with Crippen molar-refractivity contribution in [3.05, 3.63) is 80.9 Å². The molecule has 49 heavy (non-hydrogen) atoms. The second kappa shape index (κ2) is 16.7. The van der Waals surface area contributed by atoms with Crippen LogP contribution in [-0.4, -0.2) is 46.7 Å². The van der Waals surface area contributed by atoms with Crippen LogP contribution in [0, 0.1) is 37.5 Å². The van der Waals surface area contributed by atoms with Crippen LogP contribution in [0.3, 0.4) is 0 Å². The number of nitrogen functional groups attached to an aromatic ring is 1. The Labute approximate surface area is 296 Å². The maximum atomic E-state index is 12.9. The molecule has 0 aliphatic heterocycles. The number of aromatic nitrogens is 3. The topological polar surface area (TPSA) is 112 Å². The summed E-state index contributed by atoms with van der Waals surface area (Å²) in [7, 11) is 1.70. The fourth-order valence-electron chi connectivity index (χ4n) is 7.01. The smallest absolute Gasteiger partial charge is 0.323 e. The van der Waals surface area contributed by atoms with Crippen LogP contribution in [0.5, 0.6) is 5.75 Å². The van der Waals surface area contributed by atoms with E-state index < -0.39 is 0 Å². The van der Waals surface area contributed by atoms with Gasteiger partial charge in [0.25, 0.3) is 0 Å². The first-order chi connectivity index (χ1) is 23.5. The Bertz CT molecular complexity index is 1720. The highest BCUT2D eigenvalue weighted by atomic mass is 35.5. The highest BCUT2D eigenvalue weighted by molar-refractivity contribution is 6.31. The van der Waals surface area contributed by atoms with Crippen molar-refractivity contribution in [2.24, 2.45) is 11.8 Å². The molecule has 3 atom stereocenters. The number of benzene rings is 1. The first-order valence-electron chi connectivity index (χ1n) is 17.6. The number of hydrogen-bond donors (Lipinski definition) is 2. The van der Waals surface area contributed by atoms with Crippen LogP contribution in [0.15, 0.2) is 36.5 Å². The number of carbonyl (C=O) groups excluding carboxylic acids is 1. The van der Waals surface area contributed by atoms with Gasteiger partial charge in [-0.1, -0.05) is 62.4 Å². The van der Waals surface area contributed by atoms with E-state index in [1.54, 1.807) is 7.11 Å². The van der Waals surface area contributed by atoms with E-state index in [1.165, 1.54) is 5.56 Å². The number of aryl methyl sites for hydroxylation is 1. The minimum Gasteiger partial charge on any atom is -0.496 e. The number of methoxy groups -OCH3 is 1. The molecule has 2 aromatic heterocycles. The van der Waals surface area contributed by atoms with Crippen LogP contribution < -0.4 is 15.8 Å². The lowest BCUT2D eigenvalue weighted by Crippen LogP contribution is -2.41. The van der Waals surface area contributed by atoms with Gasteiger partial charge in [-0.15, -0.1) is 0 Å². The molecule has 2 aliphatic carbocycles. The summed E-state index contributed by atoms with van der Waals surface area (Å²) < 4.78 is 11.5. The van der Waals surface area contributed by atoms with Gasteiger partial charge >= 0.3 is 5.97 Å². The van der Waals surface area contributed by atoms with Crippen LogP contribution >= 0.6 is 11.6 Å². The predicted octanol–water partition coefficient (Wildman–Crippen LogP) is 7.57. The van der Waals surface area contributed by atoms with Gasteiger partial charge in [-0.2, -0.15) is 0 Å². The van der Waals surface area contributed by atoms with Crippen molar-refractivity contribution in [1.29, 1.82) is 0 Å². The summed E-state index contributed by atoms with van der Waals surface area (Å²) in [5.74, 6) is 8.27. The highest BCUT2D eigenvalue weighted by Gasteiger charge is 2.30. The van der Waals surface area contributed by atoms with E-state index in [2.05, 4.69) is 73.0 Å². The van der Waals surface area contributed by atoms with Crippen LogP contribution in [0.25, 0.3) is 5.57 Å². The number of nitrogens with zero attached hydrogens (tertiary/aromatic N) is 3. The maximum Gasteiger partial charge on any atom is 0.323 e. The molecule has 0 amide bonds. The number of hydrogen-bond acceptors (Lipinski definition) is 8. The summed E-state index contributed by atoms with van der Waals surface area (Å²) in [6.07, 6.45) is 11.4. The molecule has 3 N–H and O–H groups in total. The van der Waals surface area contributed by atoms with Crippen molar-refractivity contribution in [3.8, 4) is 17.6 Å². The fourth-order valence-corrected chi connectivity index (χ4v) is 7.30. The van der Waals surface area contributed by atoms with Crippen molar-refractivity contribution >= 4 is 29.1 Å². The molecule has 0 saturated heterocycles. The zero-order chi connectivity index (χ0) is 35.1. The maximum absolute atomic E-state index is 12.9. The second-order valence-electron chi connectivity index (χ2n) is 14.0. The number of esters is 1. The van der Waals surface area contributed by atoms with Gasteiger partial charge in [0.15, 0.2) is 0 Å². The fraction of sp³-hybridized carbons (Fsp3) is 0.500. The number of ether oxygens (including phenoxy) is 2. The van der Waals surface area contributed by atoms with Gasteiger partial charge in [-0.3, -0.25) is 9.78 Å². The Morgan fingerprint density at radius 3 is 2.55 bits per heavy atom. The van der Waals surface area contributed by atoms with Crippen molar-refractivity contribution in [1.82, 2.24) is 20.3 Å². The number of fused-ring (bicyclic) bond motifs is 1. The summed E-state index contributed by atoms with van der Waals surface area (Å²) in [6.45, 7) is 11.2. The number of rotatable bonds is 11. The molecule has 1 saturated carbocycles. The van der Waals surface area contributed by atoms with E-state index in [0.717, 1.165) is 96.3 Å². The second-order valence-corrected chi connectivity index (χ2v) is 14.3. The number of pyridine rings is 1. The zero-order valence-electron chi connectivity index (χ0n) is 29.7. The molecule has 0 spiro atoms. The summed E-state index contributed by atoms with van der Waals surface area (Å²) >= 11 is 6.73. The van der Waals surface area contributed by atoms with E-state index in [0.29, 0.717) is 17.6 Å². The SMILES string of the molecule is COc1c(C)cnc(CC2CC=C(C#Cc3ccc(CCNC(CC(C)C)C(=O)OC4CCCC4)cc3)c3c(Cl)nc(N)nc3C2C)c1C. The van der Waals surface area contributed by atoms with E-state index in [1.807, 2.05) is 25.3 Å². The standard InChI is InChI=1S/C40H50ClN5O3/c1-24(2)21-34(39(47)49-32-9-7-8-10-32)43-20-19-29-13-11-28(12-14-29)15-16-30-17-18-31(22-33-27(5)37(48-6)25(3)23-44-33)26(4)36-35(30)38(41)46-40(42)45-36/h11-14,17,23-24,26,31-32,34,43H,7-10,18-22H2,1-6H3,(H2,42,45,46). The molecule has 0 radical (unpaired) electrons. The number of carbonyl (C=O) groups is 1. The summed E-state index contributed by atoms with van der Waals surface area (Å²) in [5, 5.41) is 3.77. The molecule has 8 nitrogen and oxygen atoms in total. The van der Waals surface area contributed by atoms with Crippen molar-refractivity contribution in [2.75, 3.05) is 19.4 Å². The van der Waals surface area contributed by atoms with Gasteiger partial charge in [0.1, 0.15) is 23.0 Å². The van der Waals surface area contributed by atoms with Crippen LogP contribution in [0.4, 0.5) is 5.95 Å². The zero-order valence-corrected chi connectivity index (χ0v) is 30.5. The lowest BCUT2D eigenvalue weighted by Gasteiger charge is -2.23. The van der Waals surface area contributed by atoms with Crippen LogP contribution in [0.2, 0.25) is 5.15 Å². The molecule has 260 valence electrons. The molecule has 2 heterocycles. The minimum absolute atomic E-state index is 0.0412. The Hall–Kier alpha value is -3.93. The first-order valence-corrected chi connectivity index (χ1v) is 18.0. The number of halogens is 1. The molecule has 0 bridgehead atoms. The largest absolute Gasteiger partial charge is 0.496 e. The third-order valence-corrected chi connectivity index (χ3v) is 10.1. The third-order valence-electron chi connectivity index (χ3n) is 9.82. The van der Waals surface area contributed by atoms with Gasteiger partial charge in [-0.25, -0.2) is 9.97 Å². The molecule has 1 aromatic carbocycles. The van der Waals surface area contributed by atoms with Gasteiger partial charge < -0.3 is 20.5 Å². The molecule has 2 aliphatic rings. The lowest BCUT2D eigenvalue weighted by atomic mass is 9.84. The monoisotopic (exact) mass is 683 g/mol. The average Bonchev–Trinajstić information content (AvgIpc) is 3.54. The predicted molar refractivity (Wildman–Crippen MR) is 197 cm³/mol. The lowest BCUT2D eigenvalue weighted by molar-refractivity contribution is -0.151. The van der Waals surface area contributed by atoms with Gasteiger partial charge in [0.05, 0.1) is 12.8 Å². The molecular weight excluding hydrogens is 634 g/mol. The average molecular weight is 684 g/mol. The van der Waals surface area contributed by atoms with Gasteiger partial charge in [0.2, 0.25) is 5.95 Å². The van der Waals surface area contributed by atoms with Crippen LogP contribution in [0.1, 0.15) is 104 Å². The third kappa shape index (κ3) is 9.20. The Balaban J connectivity index is 1.29. The van der Waals surface area contributed by atoms with E-state index in [-0.39, 0.29) is 35.9 Å². The number of anilines is 1. The number of nitrogens with one attached hydrogen (secondary N) is 1. The Morgan fingerprint density at radius 2 is 1.86 bits per heavy atom. The Kier molecular flexibility index (Phi) is 12.4. The molecule has 1 fully saturated rings. The van der Waals surface area contributed by atoms with E-state index >= 15 is 0 Å². The van der Waals surface area contributed by atoms with E-state index in [9.17, 15) is 4.79 Å². The van der Waals surface area contributed by atoms with Gasteiger partial charge in [-0.05, 0) is 101 Å². The van der Waals surface area contributed by atoms with Crippen molar-refractivity contribution < 1.29 is 14.3 Å². The summed E-state index contributed by atoms with van der Waals surface area (Å²) in [5.41, 5.74) is 13.6. The quantitative estimate of drug-likeness (QED) is 0.121. The molecule has 3 aromatic rings. The highest BCUT2D eigenvalue weighted by Crippen LogP contribution is 2.40. The van der Waals surface area contributed by atoms with Crippen molar-refractivity contribution in [2.45, 2.75) is 104 Å². The molecule has 9 heteroatoms. The number of allylic oxidation sites excluding steroid dienone is 2. The molecule has 5 rings (SSSR count). The normalized spacial score (nSPS) is 18.2. The minimum atomic E-state index is -0.282. The number of nitrogens with two attached hydrogens (primary N) is 1. The van der Waals surface area contributed by atoms with Crippen LogP contribution in [-0.2, 0) is 22.4 Å². The summed E-state index contributed by atoms with van der Waals surface area (Å²) in [4.78, 5) is 26.6.